The van der Waals surface area contributed by atoms with Crippen molar-refractivity contribution in [3.63, 3.8) is 0 Å². The molecule has 140 valence electrons. The van der Waals surface area contributed by atoms with Gasteiger partial charge >= 0.3 is 5.69 Å². The highest BCUT2D eigenvalue weighted by Crippen LogP contribution is 2.23. The Morgan fingerprint density at radius 2 is 2.00 bits per heavy atom. The van der Waals surface area contributed by atoms with Gasteiger partial charge in [-0.05, 0) is 62.8 Å². The highest BCUT2D eigenvalue weighted by atomic mass is 19.2. The lowest BCUT2D eigenvalue weighted by Gasteiger charge is -2.32. The number of piperidine rings is 1. The summed E-state index contributed by atoms with van der Waals surface area (Å²) in [5, 5.41) is 0. The van der Waals surface area contributed by atoms with Gasteiger partial charge in [-0.2, -0.15) is 0 Å². The van der Waals surface area contributed by atoms with Crippen molar-refractivity contribution >= 4 is 0 Å². The molecule has 0 aliphatic carbocycles. The molecule has 1 saturated heterocycles. The highest BCUT2D eigenvalue weighted by Gasteiger charge is 2.21. The molecule has 1 unspecified atom stereocenters. The fraction of sp³-hybridized carbons (Fsp3) is 0.474. The van der Waals surface area contributed by atoms with E-state index in [4.69, 9.17) is 0 Å². The average molecular weight is 363 g/mol. The van der Waals surface area contributed by atoms with Crippen molar-refractivity contribution in [2.24, 2.45) is 5.92 Å². The Hall–Kier alpha value is -2.28. The predicted molar refractivity (Wildman–Crippen MR) is 95.1 cm³/mol. The molecule has 0 radical (unpaired) electrons. The lowest BCUT2D eigenvalue weighted by Crippen LogP contribution is -2.38. The molecule has 1 aliphatic rings. The summed E-state index contributed by atoms with van der Waals surface area (Å²) in [7, 11) is 0. The molecule has 1 fully saturated rings. The fourth-order valence-corrected chi connectivity index (χ4v) is 3.64. The molecule has 5 nitrogen and oxygen atoms in total. The van der Waals surface area contributed by atoms with E-state index >= 15 is 0 Å². The molecule has 1 aromatic heterocycles. The minimum atomic E-state index is -0.820. The number of nitrogens with one attached hydrogen (secondary N) is 2. The van der Waals surface area contributed by atoms with Crippen LogP contribution in [0.25, 0.3) is 0 Å². The van der Waals surface area contributed by atoms with Crippen molar-refractivity contribution in [1.82, 2.24) is 14.9 Å². The monoisotopic (exact) mass is 363 g/mol. The number of aromatic nitrogens is 2. The topological polar surface area (TPSA) is 69.0 Å². The Bertz CT molecular complexity index is 891. The number of nitrogens with zero attached hydrogens (tertiary/aromatic N) is 1. The van der Waals surface area contributed by atoms with Crippen molar-refractivity contribution in [3.8, 4) is 0 Å². The Balaban J connectivity index is 1.60. The van der Waals surface area contributed by atoms with Gasteiger partial charge in [-0.15, -0.1) is 0 Å². The standard InChI is InChI=1S/C19H23F2N3O2/c1-12-15(18(25)23-19(26)22-12)11-24-8-2-3-14(10-24)5-4-13-6-7-16(20)17(21)9-13/h6-7,9,14H,2-5,8,10-11H2,1H3,(H2,22,23,25,26). The van der Waals surface area contributed by atoms with Crippen molar-refractivity contribution < 1.29 is 8.78 Å². The largest absolute Gasteiger partial charge is 0.325 e. The van der Waals surface area contributed by atoms with Gasteiger partial charge < -0.3 is 4.98 Å². The summed E-state index contributed by atoms with van der Waals surface area (Å²) in [5.74, 6) is -1.18. The predicted octanol–water partition coefficient (Wildman–Crippen LogP) is 2.49. The number of H-pyrrole nitrogens is 2. The van der Waals surface area contributed by atoms with Crippen molar-refractivity contribution in [3.05, 3.63) is 67.5 Å². The van der Waals surface area contributed by atoms with E-state index in [9.17, 15) is 18.4 Å². The van der Waals surface area contributed by atoms with E-state index in [1.165, 1.54) is 12.1 Å². The van der Waals surface area contributed by atoms with E-state index in [2.05, 4.69) is 14.9 Å². The molecule has 1 atom stereocenters. The highest BCUT2D eigenvalue weighted by molar-refractivity contribution is 5.18. The van der Waals surface area contributed by atoms with Crippen LogP contribution in [-0.2, 0) is 13.0 Å². The minimum Gasteiger partial charge on any atom is -0.311 e. The molecule has 1 aromatic carbocycles. The summed E-state index contributed by atoms with van der Waals surface area (Å²) in [6, 6.07) is 4.06. The van der Waals surface area contributed by atoms with Crippen LogP contribution in [0.1, 0.15) is 36.1 Å². The number of halogens is 2. The second kappa shape index (κ2) is 7.95. The molecule has 3 rings (SSSR count). The number of hydrogen-bond donors (Lipinski definition) is 2. The molecule has 2 N–H and O–H groups in total. The summed E-state index contributed by atoms with van der Waals surface area (Å²) < 4.78 is 26.3. The zero-order chi connectivity index (χ0) is 18.7. The first-order valence-electron chi connectivity index (χ1n) is 8.90. The van der Waals surface area contributed by atoms with Crippen molar-refractivity contribution in [1.29, 1.82) is 0 Å². The van der Waals surface area contributed by atoms with E-state index < -0.39 is 17.3 Å². The van der Waals surface area contributed by atoms with Gasteiger partial charge in [0, 0.05) is 18.8 Å². The van der Waals surface area contributed by atoms with Gasteiger partial charge in [-0.1, -0.05) is 6.07 Å². The number of hydrogen-bond acceptors (Lipinski definition) is 3. The van der Waals surface area contributed by atoms with Crippen LogP contribution in [0.5, 0.6) is 0 Å². The SMILES string of the molecule is Cc1[nH]c(=O)[nH]c(=O)c1CN1CCCC(CCc2ccc(F)c(F)c2)C1. The van der Waals surface area contributed by atoms with Gasteiger partial charge in [0.05, 0.1) is 5.56 Å². The minimum absolute atomic E-state index is 0.338. The molecule has 2 aromatic rings. The van der Waals surface area contributed by atoms with Crippen LogP contribution in [0.15, 0.2) is 27.8 Å². The zero-order valence-corrected chi connectivity index (χ0v) is 14.8. The van der Waals surface area contributed by atoms with Gasteiger partial charge in [0.2, 0.25) is 0 Å². The molecule has 2 heterocycles. The van der Waals surface area contributed by atoms with Crippen LogP contribution >= 0.6 is 0 Å². The van der Waals surface area contributed by atoms with Gasteiger partial charge in [0.25, 0.3) is 5.56 Å². The number of likely N-dealkylation sites (tertiary alicyclic amines) is 1. The first-order valence-corrected chi connectivity index (χ1v) is 8.90. The molecule has 0 saturated carbocycles. The number of aryl methyl sites for hydroxylation is 2. The molecule has 0 bridgehead atoms. The maximum absolute atomic E-state index is 13.3. The molecule has 7 heteroatoms. The van der Waals surface area contributed by atoms with Crippen LogP contribution in [0.3, 0.4) is 0 Å². The van der Waals surface area contributed by atoms with Crippen molar-refractivity contribution in [2.45, 2.75) is 39.2 Å². The van der Waals surface area contributed by atoms with E-state index in [1.807, 2.05) is 0 Å². The molecule has 0 amide bonds. The van der Waals surface area contributed by atoms with Crippen LogP contribution in [0, 0.1) is 24.5 Å². The van der Waals surface area contributed by atoms with Crippen LogP contribution < -0.4 is 11.2 Å². The van der Waals surface area contributed by atoms with Crippen LogP contribution in [-0.4, -0.2) is 28.0 Å². The third-order valence-corrected chi connectivity index (χ3v) is 5.06. The third kappa shape index (κ3) is 4.46. The molecule has 1 aliphatic heterocycles. The Morgan fingerprint density at radius 3 is 2.73 bits per heavy atom. The molecular formula is C19H23F2N3O2. The quantitative estimate of drug-likeness (QED) is 0.858. The zero-order valence-electron chi connectivity index (χ0n) is 14.8. The smallest absolute Gasteiger partial charge is 0.311 e. The Morgan fingerprint density at radius 1 is 1.19 bits per heavy atom. The summed E-state index contributed by atoms with van der Waals surface area (Å²) in [6.07, 6.45) is 3.71. The fourth-order valence-electron chi connectivity index (χ4n) is 3.64. The lowest BCUT2D eigenvalue weighted by molar-refractivity contribution is 0.161. The summed E-state index contributed by atoms with van der Waals surface area (Å²) >= 11 is 0. The summed E-state index contributed by atoms with van der Waals surface area (Å²) in [5.41, 5.74) is 1.16. The maximum atomic E-state index is 13.3. The Labute approximate surface area is 150 Å². The number of rotatable bonds is 5. The van der Waals surface area contributed by atoms with Crippen LogP contribution in [0.2, 0.25) is 0 Å². The Kier molecular flexibility index (Phi) is 5.66. The van der Waals surface area contributed by atoms with E-state index in [0.717, 1.165) is 37.9 Å². The average Bonchev–Trinajstić information content (AvgIpc) is 2.59. The first kappa shape index (κ1) is 18.5. The van der Waals surface area contributed by atoms with E-state index in [-0.39, 0.29) is 5.56 Å². The summed E-state index contributed by atoms with van der Waals surface area (Å²) in [4.78, 5) is 30.4. The lowest BCUT2D eigenvalue weighted by atomic mass is 9.91. The molecule has 26 heavy (non-hydrogen) atoms. The molecular weight excluding hydrogens is 340 g/mol. The van der Waals surface area contributed by atoms with Crippen molar-refractivity contribution in [2.75, 3.05) is 13.1 Å². The normalized spacial score (nSPS) is 18.2. The van der Waals surface area contributed by atoms with Gasteiger partial charge in [0.1, 0.15) is 0 Å². The first-order chi connectivity index (χ1) is 12.4. The maximum Gasteiger partial charge on any atom is 0.325 e. The van der Waals surface area contributed by atoms with Crippen LogP contribution in [0.4, 0.5) is 8.78 Å². The second-order valence-corrected chi connectivity index (χ2v) is 7.04. The van der Waals surface area contributed by atoms with Gasteiger partial charge in [-0.25, -0.2) is 13.6 Å². The van der Waals surface area contributed by atoms with Gasteiger partial charge in [0.15, 0.2) is 11.6 Å². The number of aromatic amines is 2. The second-order valence-electron chi connectivity index (χ2n) is 7.04. The third-order valence-electron chi connectivity index (χ3n) is 5.06. The van der Waals surface area contributed by atoms with E-state index in [1.54, 1.807) is 13.0 Å². The summed E-state index contributed by atoms with van der Waals surface area (Å²) in [6.45, 7) is 3.98. The van der Waals surface area contributed by atoms with Gasteiger partial charge in [-0.3, -0.25) is 14.7 Å². The van der Waals surface area contributed by atoms with E-state index in [0.29, 0.717) is 30.1 Å². The molecule has 0 spiro atoms. The number of benzene rings is 1.